The van der Waals surface area contributed by atoms with Crippen LogP contribution in [0.1, 0.15) is 33.1 Å². The first-order valence-corrected chi connectivity index (χ1v) is 4.45. The first-order chi connectivity index (χ1) is 5.90. The molecule has 0 heterocycles. The van der Waals surface area contributed by atoms with Crippen molar-refractivity contribution in [1.82, 2.24) is 0 Å². The maximum Gasteiger partial charge on any atom is 0.312 e. The Labute approximate surface area is 76.3 Å². The van der Waals surface area contributed by atoms with E-state index in [1.165, 1.54) is 0 Å². The lowest BCUT2D eigenvalue weighted by molar-refractivity contribution is -0.155. The average Bonchev–Trinajstić information content (AvgIpc) is 2.28. The van der Waals surface area contributed by atoms with Crippen LogP contribution in [0.25, 0.3) is 0 Å². The van der Waals surface area contributed by atoms with Crippen molar-refractivity contribution in [2.75, 3.05) is 6.61 Å². The van der Waals surface area contributed by atoms with E-state index in [9.17, 15) is 13.6 Å². The Morgan fingerprint density at radius 1 is 1.46 bits per heavy atom. The van der Waals surface area contributed by atoms with Crippen LogP contribution in [0.4, 0.5) is 8.78 Å². The van der Waals surface area contributed by atoms with Crippen molar-refractivity contribution < 1.29 is 18.3 Å². The van der Waals surface area contributed by atoms with Crippen molar-refractivity contribution in [1.29, 1.82) is 0 Å². The molecule has 0 saturated heterocycles. The predicted molar refractivity (Wildman–Crippen MR) is 43.5 cm³/mol. The summed E-state index contributed by atoms with van der Waals surface area (Å²) in [5.74, 6) is -3.19. The van der Waals surface area contributed by atoms with Gasteiger partial charge >= 0.3 is 5.97 Å². The van der Waals surface area contributed by atoms with Gasteiger partial charge in [0.1, 0.15) is 0 Å². The zero-order valence-electron chi connectivity index (χ0n) is 7.90. The Morgan fingerprint density at radius 3 is 2.46 bits per heavy atom. The molecule has 1 unspecified atom stereocenters. The van der Waals surface area contributed by atoms with E-state index < -0.39 is 17.3 Å². The monoisotopic (exact) mass is 192 g/mol. The quantitative estimate of drug-likeness (QED) is 0.628. The molecule has 0 aromatic carbocycles. The maximum atomic E-state index is 12.8. The van der Waals surface area contributed by atoms with E-state index in [1.807, 2.05) is 0 Å². The molecule has 0 amide bonds. The number of hydrogen-bond acceptors (Lipinski definition) is 2. The molecular weight excluding hydrogens is 178 g/mol. The fraction of sp³-hybridized carbons (Fsp3) is 0.889. The van der Waals surface area contributed by atoms with Crippen molar-refractivity contribution in [3.8, 4) is 0 Å². The molecule has 0 bridgehead atoms. The minimum absolute atomic E-state index is 0.206. The van der Waals surface area contributed by atoms with Gasteiger partial charge in [-0.2, -0.15) is 0 Å². The maximum absolute atomic E-state index is 12.8. The second-order valence-corrected chi connectivity index (χ2v) is 3.81. The van der Waals surface area contributed by atoms with Gasteiger partial charge in [-0.3, -0.25) is 4.79 Å². The van der Waals surface area contributed by atoms with Crippen LogP contribution in [0.5, 0.6) is 0 Å². The number of ether oxygens (including phenoxy) is 1. The Balaban J connectivity index is 2.64. The fourth-order valence-corrected chi connectivity index (χ4v) is 1.69. The molecule has 1 fully saturated rings. The minimum atomic E-state index is -2.69. The summed E-state index contributed by atoms with van der Waals surface area (Å²) in [6, 6.07) is 0. The van der Waals surface area contributed by atoms with Crippen LogP contribution in [0.3, 0.4) is 0 Å². The van der Waals surface area contributed by atoms with Gasteiger partial charge in [-0.15, -0.1) is 0 Å². The van der Waals surface area contributed by atoms with Crippen molar-refractivity contribution in [3.63, 3.8) is 0 Å². The SMILES string of the molecule is CCOC(=O)C1(C)CCC(F)(F)C1. The average molecular weight is 192 g/mol. The van der Waals surface area contributed by atoms with E-state index >= 15 is 0 Å². The van der Waals surface area contributed by atoms with Crippen LogP contribution in [-0.2, 0) is 9.53 Å². The molecule has 2 nitrogen and oxygen atoms in total. The molecule has 76 valence electrons. The molecule has 1 aliphatic carbocycles. The molecule has 1 rings (SSSR count). The third-order valence-corrected chi connectivity index (χ3v) is 2.46. The number of carbonyl (C=O) groups excluding carboxylic acids is 1. The lowest BCUT2D eigenvalue weighted by Crippen LogP contribution is -2.28. The van der Waals surface area contributed by atoms with Gasteiger partial charge in [0.2, 0.25) is 5.92 Å². The second-order valence-electron chi connectivity index (χ2n) is 3.81. The molecule has 1 atom stereocenters. The van der Waals surface area contributed by atoms with E-state index in [0.29, 0.717) is 0 Å². The number of alkyl halides is 2. The summed E-state index contributed by atoms with van der Waals surface area (Å²) in [6.07, 6.45) is -0.361. The van der Waals surface area contributed by atoms with E-state index in [2.05, 4.69) is 0 Å². The molecule has 4 heteroatoms. The summed E-state index contributed by atoms with van der Waals surface area (Å²) in [5, 5.41) is 0. The fourth-order valence-electron chi connectivity index (χ4n) is 1.69. The first-order valence-electron chi connectivity index (χ1n) is 4.45. The smallest absolute Gasteiger partial charge is 0.312 e. The highest BCUT2D eigenvalue weighted by molar-refractivity contribution is 5.76. The van der Waals surface area contributed by atoms with Crippen LogP contribution in [-0.4, -0.2) is 18.5 Å². The number of esters is 1. The van der Waals surface area contributed by atoms with Gasteiger partial charge in [0.25, 0.3) is 0 Å². The van der Waals surface area contributed by atoms with Crippen molar-refractivity contribution in [3.05, 3.63) is 0 Å². The van der Waals surface area contributed by atoms with Gasteiger partial charge in [0.05, 0.1) is 12.0 Å². The molecule has 13 heavy (non-hydrogen) atoms. The lowest BCUT2D eigenvalue weighted by atomic mass is 9.89. The number of rotatable bonds is 2. The van der Waals surface area contributed by atoms with Crippen LogP contribution < -0.4 is 0 Å². The summed E-state index contributed by atoms with van der Waals surface area (Å²) < 4.78 is 30.4. The summed E-state index contributed by atoms with van der Waals surface area (Å²) in [5.41, 5.74) is -0.973. The van der Waals surface area contributed by atoms with Crippen LogP contribution in [0, 0.1) is 5.41 Å². The molecule has 0 N–H and O–H groups in total. The topological polar surface area (TPSA) is 26.3 Å². The third-order valence-electron chi connectivity index (χ3n) is 2.46. The summed E-state index contributed by atoms with van der Waals surface area (Å²) >= 11 is 0. The Morgan fingerprint density at radius 2 is 2.08 bits per heavy atom. The van der Waals surface area contributed by atoms with E-state index in [0.717, 1.165) is 0 Å². The lowest BCUT2D eigenvalue weighted by Gasteiger charge is -2.20. The highest BCUT2D eigenvalue weighted by Gasteiger charge is 2.51. The summed E-state index contributed by atoms with van der Waals surface area (Å²) in [6.45, 7) is 3.47. The number of halogens is 2. The zero-order valence-corrected chi connectivity index (χ0v) is 7.90. The van der Waals surface area contributed by atoms with Gasteiger partial charge in [0, 0.05) is 12.8 Å². The molecular formula is C9H14F2O2. The minimum Gasteiger partial charge on any atom is -0.466 e. The van der Waals surface area contributed by atoms with Crippen LogP contribution >= 0.6 is 0 Å². The summed E-state index contributed by atoms with van der Waals surface area (Å²) in [7, 11) is 0. The van der Waals surface area contributed by atoms with Crippen molar-refractivity contribution in [2.45, 2.75) is 39.0 Å². The van der Waals surface area contributed by atoms with E-state index in [1.54, 1.807) is 13.8 Å². The molecule has 1 saturated carbocycles. The Kier molecular flexibility index (Phi) is 2.59. The van der Waals surface area contributed by atoms with Gasteiger partial charge < -0.3 is 4.74 Å². The van der Waals surface area contributed by atoms with E-state index in [4.69, 9.17) is 4.74 Å². The zero-order chi connectivity index (χ0) is 10.1. The molecule has 0 aliphatic heterocycles. The molecule has 0 aromatic rings. The van der Waals surface area contributed by atoms with Gasteiger partial charge in [-0.1, -0.05) is 0 Å². The van der Waals surface area contributed by atoms with E-state index in [-0.39, 0.29) is 25.9 Å². The Hall–Kier alpha value is -0.670. The molecule has 0 aromatic heterocycles. The predicted octanol–water partition coefficient (Wildman–Crippen LogP) is 2.38. The molecule has 0 radical (unpaired) electrons. The van der Waals surface area contributed by atoms with Crippen LogP contribution in [0.15, 0.2) is 0 Å². The largest absolute Gasteiger partial charge is 0.466 e. The third kappa shape index (κ3) is 2.17. The van der Waals surface area contributed by atoms with Crippen molar-refractivity contribution >= 4 is 5.97 Å². The van der Waals surface area contributed by atoms with Gasteiger partial charge in [-0.25, -0.2) is 8.78 Å². The standard InChI is InChI=1S/C9H14F2O2/c1-3-13-7(12)8(2)4-5-9(10,11)6-8/h3-6H2,1-2H3. The number of carbonyl (C=O) groups is 1. The summed E-state index contributed by atoms with van der Waals surface area (Å²) in [4.78, 5) is 11.3. The molecule has 1 aliphatic rings. The number of hydrogen-bond donors (Lipinski definition) is 0. The highest BCUT2D eigenvalue weighted by atomic mass is 19.3. The van der Waals surface area contributed by atoms with Gasteiger partial charge in [-0.05, 0) is 20.3 Å². The van der Waals surface area contributed by atoms with Gasteiger partial charge in [0.15, 0.2) is 0 Å². The first kappa shape index (κ1) is 10.4. The second kappa shape index (κ2) is 3.24. The van der Waals surface area contributed by atoms with Crippen LogP contribution in [0.2, 0.25) is 0 Å². The molecule has 0 spiro atoms. The highest BCUT2D eigenvalue weighted by Crippen LogP contribution is 2.47. The van der Waals surface area contributed by atoms with Crippen molar-refractivity contribution in [2.24, 2.45) is 5.41 Å². The Bertz CT molecular complexity index is 216. The normalized spacial score (nSPS) is 31.7.